The van der Waals surface area contributed by atoms with E-state index in [1.807, 2.05) is 6.08 Å². The largest absolute Gasteiger partial charge is 0.178 e. The first-order valence-corrected chi connectivity index (χ1v) is 3.35. The molecule has 2 nitrogen and oxygen atoms in total. The second kappa shape index (κ2) is 2.29. The normalized spacial score (nSPS) is 21.1. The standard InChI is InChI=1S/C7H11N2/c1-3-7(4-2)5-6-8-9-7/h5H,3-4H2,1-2H3. The summed E-state index contributed by atoms with van der Waals surface area (Å²) in [6.07, 6.45) is 6.76. The van der Waals surface area contributed by atoms with Crippen LogP contribution in [-0.4, -0.2) is 5.54 Å². The molecule has 0 aliphatic carbocycles. The van der Waals surface area contributed by atoms with Gasteiger partial charge in [0.15, 0.2) is 0 Å². The molecule has 9 heavy (non-hydrogen) atoms. The zero-order chi connectivity index (χ0) is 6.74. The second-order valence-electron chi connectivity index (χ2n) is 2.28. The minimum atomic E-state index is 0. The average molecular weight is 123 g/mol. The molecule has 0 saturated heterocycles. The highest BCUT2D eigenvalue weighted by molar-refractivity contribution is 5.05. The molecular formula is C7H11N2. The van der Waals surface area contributed by atoms with Crippen LogP contribution in [0, 0.1) is 6.20 Å². The van der Waals surface area contributed by atoms with E-state index in [4.69, 9.17) is 0 Å². The molecule has 1 heterocycles. The zero-order valence-electron chi connectivity index (χ0n) is 5.89. The van der Waals surface area contributed by atoms with Gasteiger partial charge in [0.25, 0.3) is 0 Å². The predicted octanol–water partition coefficient (Wildman–Crippen LogP) is 2.33. The molecule has 0 aromatic carbocycles. The van der Waals surface area contributed by atoms with Gasteiger partial charge in [0.1, 0.15) is 11.7 Å². The molecular weight excluding hydrogens is 112 g/mol. The molecule has 1 aliphatic rings. The lowest BCUT2D eigenvalue weighted by molar-refractivity contribution is 0.490. The van der Waals surface area contributed by atoms with E-state index in [2.05, 4.69) is 30.3 Å². The molecule has 0 N–H and O–H groups in total. The highest BCUT2D eigenvalue weighted by Gasteiger charge is 2.24. The molecule has 0 saturated carbocycles. The topological polar surface area (TPSA) is 24.7 Å². The molecule has 0 bridgehead atoms. The van der Waals surface area contributed by atoms with Gasteiger partial charge in [-0.05, 0) is 18.9 Å². The molecule has 2 heteroatoms. The second-order valence-corrected chi connectivity index (χ2v) is 2.28. The van der Waals surface area contributed by atoms with Gasteiger partial charge in [-0.25, -0.2) is 0 Å². The van der Waals surface area contributed by atoms with Crippen molar-refractivity contribution in [2.24, 2.45) is 10.2 Å². The molecule has 1 aliphatic heterocycles. The van der Waals surface area contributed by atoms with E-state index >= 15 is 0 Å². The van der Waals surface area contributed by atoms with Crippen LogP contribution in [0.5, 0.6) is 0 Å². The summed E-state index contributed by atoms with van der Waals surface area (Å²) in [5, 5.41) is 7.76. The van der Waals surface area contributed by atoms with Gasteiger partial charge in [-0.1, -0.05) is 13.8 Å². The maximum Gasteiger partial charge on any atom is 0.111 e. The van der Waals surface area contributed by atoms with Crippen LogP contribution in [0.1, 0.15) is 26.7 Å². The highest BCUT2D eigenvalue weighted by Crippen LogP contribution is 2.25. The van der Waals surface area contributed by atoms with Gasteiger partial charge in [-0.2, -0.15) is 10.2 Å². The lowest BCUT2D eigenvalue weighted by atomic mass is 9.95. The van der Waals surface area contributed by atoms with Crippen molar-refractivity contribution in [1.82, 2.24) is 0 Å². The van der Waals surface area contributed by atoms with Gasteiger partial charge < -0.3 is 0 Å². The Kier molecular flexibility index (Phi) is 1.65. The van der Waals surface area contributed by atoms with Crippen LogP contribution < -0.4 is 0 Å². The van der Waals surface area contributed by atoms with E-state index in [0.29, 0.717) is 0 Å². The Hall–Kier alpha value is -0.660. The van der Waals surface area contributed by atoms with E-state index in [-0.39, 0.29) is 5.54 Å². The maximum atomic E-state index is 4.06. The monoisotopic (exact) mass is 123 g/mol. The third-order valence-corrected chi connectivity index (χ3v) is 1.86. The first-order valence-electron chi connectivity index (χ1n) is 3.35. The molecule has 0 fully saturated rings. The van der Waals surface area contributed by atoms with E-state index in [0.717, 1.165) is 12.8 Å². The first kappa shape index (κ1) is 6.46. The van der Waals surface area contributed by atoms with Crippen molar-refractivity contribution < 1.29 is 0 Å². The van der Waals surface area contributed by atoms with Crippen molar-refractivity contribution >= 4 is 0 Å². The van der Waals surface area contributed by atoms with Crippen molar-refractivity contribution in [3.63, 3.8) is 0 Å². The molecule has 1 radical (unpaired) electrons. The molecule has 0 aromatic rings. The van der Waals surface area contributed by atoms with Gasteiger partial charge in [0.05, 0.1) is 0 Å². The van der Waals surface area contributed by atoms with E-state index < -0.39 is 0 Å². The van der Waals surface area contributed by atoms with E-state index in [1.54, 1.807) is 0 Å². The van der Waals surface area contributed by atoms with Gasteiger partial charge in [-0.3, -0.25) is 0 Å². The smallest absolute Gasteiger partial charge is 0.111 e. The fourth-order valence-electron chi connectivity index (χ4n) is 0.902. The minimum absolute atomic E-state index is 0. The van der Waals surface area contributed by atoms with Crippen LogP contribution in [0.4, 0.5) is 0 Å². The average Bonchev–Trinajstić information content (AvgIpc) is 2.36. The summed E-state index contributed by atoms with van der Waals surface area (Å²) in [6, 6.07) is 0. The Morgan fingerprint density at radius 1 is 1.44 bits per heavy atom. The maximum absolute atomic E-state index is 4.06. The fraction of sp³-hybridized carbons (Fsp3) is 0.714. The minimum Gasteiger partial charge on any atom is -0.178 e. The van der Waals surface area contributed by atoms with Crippen molar-refractivity contribution in [1.29, 1.82) is 0 Å². The third kappa shape index (κ3) is 1.02. The van der Waals surface area contributed by atoms with Crippen molar-refractivity contribution in [3.05, 3.63) is 12.3 Å². The Morgan fingerprint density at radius 2 is 2.11 bits per heavy atom. The molecule has 0 spiro atoms. The van der Waals surface area contributed by atoms with Gasteiger partial charge >= 0.3 is 0 Å². The fourth-order valence-corrected chi connectivity index (χ4v) is 0.902. The highest BCUT2D eigenvalue weighted by atomic mass is 15.2. The van der Waals surface area contributed by atoms with Gasteiger partial charge in [0.2, 0.25) is 0 Å². The van der Waals surface area contributed by atoms with Gasteiger partial charge in [0, 0.05) is 0 Å². The van der Waals surface area contributed by atoms with E-state index in [9.17, 15) is 0 Å². The van der Waals surface area contributed by atoms with Crippen LogP contribution >= 0.6 is 0 Å². The summed E-state index contributed by atoms with van der Waals surface area (Å²) < 4.78 is 0. The molecule has 1 rings (SSSR count). The van der Waals surface area contributed by atoms with Gasteiger partial charge in [-0.15, -0.1) is 0 Å². The number of hydrogen-bond donors (Lipinski definition) is 0. The lowest BCUT2D eigenvalue weighted by Crippen LogP contribution is -2.17. The van der Waals surface area contributed by atoms with Crippen molar-refractivity contribution in [2.45, 2.75) is 32.2 Å². The van der Waals surface area contributed by atoms with Crippen LogP contribution in [-0.2, 0) is 0 Å². The third-order valence-electron chi connectivity index (χ3n) is 1.86. The van der Waals surface area contributed by atoms with E-state index in [1.165, 1.54) is 0 Å². The Labute approximate surface area is 55.7 Å². The summed E-state index contributed by atoms with van der Waals surface area (Å²) in [7, 11) is 0. The molecule has 0 unspecified atom stereocenters. The Balaban J connectivity index is 2.69. The Morgan fingerprint density at radius 3 is 2.33 bits per heavy atom. The Bertz CT molecular complexity index is 129. The van der Waals surface area contributed by atoms with Crippen molar-refractivity contribution in [3.8, 4) is 0 Å². The molecule has 0 amide bonds. The quantitative estimate of drug-likeness (QED) is 0.538. The predicted molar refractivity (Wildman–Crippen MR) is 36.0 cm³/mol. The first-order chi connectivity index (χ1) is 4.33. The summed E-state index contributed by atoms with van der Waals surface area (Å²) in [4.78, 5) is 0. The van der Waals surface area contributed by atoms with Crippen LogP contribution in [0.2, 0.25) is 0 Å². The van der Waals surface area contributed by atoms with Crippen LogP contribution in [0.3, 0.4) is 0 Å². The van der Waals surface area contributed by atoms with Crippen LogP contribution in [0.15, 0.2) is 16.3 Å². The number of rotatable bonds is 2. The lowest BCUT2D eigenvalue weighted by Gasteiger charge is -2.16. The SMILES string of the molecule is CCC1(CC)C=[C]N=N1. The summed E-state index contributed by atoms with van der Waals surface area (Å²) >= 11 is 0. The number of hydrogen-bond acceptors (Lipinski definition) is 2. The molecule has 0 atom stereocenters. The van der Waals surface area contributed by atoms with Crippen LogP contribution in [0.25, 0.3) is 0 Å². The summed E-state index contributed by atoms with van der Waals surface area (Å²) in [6.45, 7) is 4.23. The number of azo groups is 1. The molecule has 49 valence electrons. The summed E-state index contributed by atoms with van der Waals surface area (Å²) in [5.41, 5.74) is 0. The number of nitrogens with zero attached hydrogens (tertiary/aromatic N) is 2. The van der Waals surface area contributed by atoms with Crippen molar-refractivity contribution in [2.75, 3.05) is 0 Å². The molecule has 0 aromatic heterocycles. The summed E-state index contributed by atoms with van der Waals surface area (Å²) in [5.74, 6) is 0. The zero-order valence-corrected chi connectivity index (χ0v) is 5.89.